The van der Waals surface area contributed by atoms with Crippen LogP contribution >= 0.6 is 0 Å². The third-order valence-corrected chi connectivity index (χ3v) is 13.2. The minimum absolute atomic E-state index is 0.0808. The van der Waals surface area contributed by atoms with Gasteiger partial charge in [0.2, 0.25) is 5.95 Å². The lowest BCUT2D eigenvalue weighted by Crippen LogP contribution is -2.44. The van der Waals surface area contributed by atoms with Crippen LogP contribution in [0.4, 0.5) is 0 Å². The van der Waals surface area contributed by atoms with Crippen molar-refractivity contribution in [3.63, 3.8) is 0 Å². The molecule has 252 valence electrons. The van der Waals surface area contributed by atoms with E-state index in [1.807, 2.05) is 6.92 Å². The van der Waals surface area contributed by atoms with Gasteiger partial charge in [-0.2, -0.15) is 0 Å². The van der Waals surface area contributed by atoms with Crippen LogP contribution in [0.15, 0.2) is 29.3 Å². The van der Waals surface area contributed by atoms with Gasteiger partial charge < -0.3 is 14.9 Å². The fraction of sp³-hybridized carbons (Fsp3) is 0.583. The lowest BCUT2D eigenvalue weighted by atomic mass is 9.94. The van der Waals surface area contributed by atoms with Crippen LogP contribution in [0.1, 0.15) is 114 Å². The largest absolute Gasteiger partial charge is 0.543 e. The summed E-state index contributed by atoms with van der Waals surface area (Å²) < 4.78 is 14.1. The summed E-state index contributed by atoms with van der Waals surface area (Å²) in [4.78, 5) is 39.7. The van der Waals surface area contributed by atoms with Gasteiger partial charge in [0.1, 0.15) is 11.6 Å². The van der Waals surface area contributed by atoms with E-state index in [1.165, 1.54) is 28.1 Å². The Morgan fingerprint density at radius 1 is 0.978 bits per heavy atom. The van der Waals surface area contributed by atoms with E-state index in [-0.39, 0.29) is 16.5 Å². The van der Waals surface area contributed by atoms with Gasteiger partial charge in [-0.05, 0) is 73.9 Å². The van der Waals surface area contributed by atoms with Crippen LogP contribution < -0.4 is 20.5 Å². The van der Waals surface area contributed by atoms with Gasteiger partial charge in [0, 0.05) is 12.0 Å². The molecule has 10 heteroatoms. The quantitative estimate of drug-likeness (QED) is 0.163. The van der Waals surface area contributed by atoms with Gasteiger partial charge in [-0.1, -0.05) is 79.9 Å². The maximum Gasteiger partial charge on any atom is 0.264 e. The van der Waals surface area contributed by atoms with Crippen LogP contribution in [-0.4, -0.2) is 39.8 Å². The van der Waals surface area contributed by atoms with E-state index >= 15 is 0 Å². The SMILES string of the molecule is CCCCc1nc(C)n(-c2ncc(OC(CC)C(N)=O)cn2)c(=O)c1Cc1cc(CCC)c(O[Si](C)(C)C(C)(C)C)c(CCC)c1. The first-order chi connectivity index (χ1) is 21.7. The Hall–Kier alpha value is -3.53. The second-order valence-electron chi connectivity index (χ2n) is 13.7. The number of amides is 1. The second kappa shape index (κ2) is 15.8. The smallest absolute Gasteiger partial charge is 0.264 e. The number of aryl methyl sites for hydroxylation is 4. The molecule has 3 aromatic rings. The molecule has 46 heavy (non-hydrogen) atoms. The highest BCUT2D eigenvalue weighted by molar-refractivity contribution is 6.74. The van der Waals surface area contributed by atoms with E-state index in [9.17, 15) is 9.59 Å². The maximum absolute atomic E-state index is 14.3. The molecule has 0 spiro atoms. The topological polar surface area (TPSA) is 122 Å². The molecule has 2 aromatic heterocycles. The van der Waals surface area contributed by atoms with Crippen molar-refractivity contribution in [1.82, 2.24) is 19.5 Å². The Morgan fingerprint density at radius 2 is 1.57 bits per heavy atom. The van der Waals surface area contributed by atoms with Crippen molar-refractivity contribution >= 4 is 14.2 Å². The van der Waals surface area contributed by atoms with Gasteiger partial charge in [0.05, 0.1) is 18.1 Å². The summed E-state index contributed by atoms with van der Waals surface area (Å²) in [6.07, 6.45) is 9.48. The van der Waals surface area contributed by atoms with E-state index in [0.29, 0.717) is 30.0 Å². The second-order valence-corrected chi connectivity index (χ2v) is 18.5. The van der Waals surface area contributed by atoms with Gasteiger partial charge in [0.25, 0.3) is 19.8 Å². The molecule has 2 N–H and O–H groups in total. The van der Waals surface area contributed by atoms with Crippen LogP contribution in [0.25, 0.3) is 5.95 Å². The van der Waals surface area contributed by atoms with E-state index < -0.39 is 20.3 Å². The molecule has 2 heterocycles. The van der Waals surface area contributed by atoms with Crippen molar-refractivity contribution in [3.05, 3.63) is 68.7 Å². The Bertz CT molecular complexity index is 1520. The summed E-state index contributed by atoms with van der Waals surface area (Å²) in [7, 11) is -2.07. The Kier molecular flexibility index (Phi) is 12.7. The lowest BCUT2D eigenvalue weighted by Gasteiger charge is -2.38. The van der Waals surface area contributed by atoms with Crippen LogP contribution in [0.2, 0.25) is 18.1 Å². The number of aromatic nitrogens is 4. The molecule has 1 atom stereocenters. The number of nitrogens with two attached hydrogens (primary N) is 1. The van der Waals surface area contributed by atoms with Crippen molar-refractivity contribution < 1.29 is 14.0 Å². The van der Waals surface area contributed by atoms with Crippen molar-refractivity contribution in [2.24, 2.45) is 5.73 Å². The van der Waals surface area contributed by atoms with Gasteiger partial charge >= 0.3 is 0 Å². The highest BCUT2D eigenvalue weighted by Crippen LogP contribution is 2.40. The number of unbranched alkanes of at least 4 members (excludes halogenated alkanes) is 1. The number of rotatable bonds is 16. The average molecular weight is 650 g/mol. The first-order valence-corrected chi connectivity index (χ1v) is 19.8. The third kappa shape index (κ3) is 8.83. The maximum atomic E-state index is 14.3. The summed E-state index contributed by atoms with van der Waals surface area (Å²) in [6, 6.07) is 4.48. The molecule has 0 saturated carbocycles. The molecule has 0 aliphatic carbocycles. The monoisotopic (exact) mass is 649 g/mol. The van der Waals surface area contributed by atoms with Crippen LogP contribution in [-0.2, 0) is 30.5 Å². The molecule has 0 aliphatic rings. The molecular weight excluding hydrogens is 595 g/mol. The van der Waals surface area contributed by atoms with Gasteiger partial charge in [-0.3, -0.25) is 9.59 Å². The Balaban J connectivity index is 2.14. The Labute approximate surface area is 276 Å². The molecule has 0 radical (unpaired) electrons. The number of carbonyl (C=O) groups is 1. The summed E-state index contributed by atoms with van der Waals surface area (Å²) in [5, 5.41) is 0.0808. The summed E-state index contributed by atoms with van der Waals surface area (Å²) >= 11 is 0. The van der Waals surface area contributed by atoms with Crippen LogP contribution in [0.3, 0.4) is 0 Å². The highest BCUT2D eigenvalue weighted by atomic mass is 28.4. The Morgan fingerprint density at radius 3 is 2.04 bits per heavy atom. The third-order valence-electron chi connectivity index (χ3n) is 8.86. The first kappa shape index (κ1) is 36.9. The fourth-order valence-electron chi connectivity index (χ4n) is 5.26. The molecule has 0 saturated heterocycles. The fourth-order valence-corrected chi connectivity index (χ4v) is 6.34. The molecule has 3 rings (SSSR count). The van der Waals surface area contributed by atoms with Crippen molar-refractivity contribution in [2.75, 3.05) is 0 Å². The molecular formula is C36H55N5O4Si. The molecule has 0 fully saturated rings. The van der Waals surface area contributed by atoms with E-state index in [2.05, 4.69) is 76.7 Å². The standard InChI is InChI=1S/C36H55N5O4Si/c1-11-15-18-30-29(34(43)41(24(5)40-30)35-38-22-28(23-39-35)44-31(14-4)33(37)42)21-25-19-26(16-12-2)32(27(20-25)17-13-3)45-46(9,10)36(6,7)8/h19-20,22-23,31H,11-18,21H2,1-10H3,(H2,37,42). The predicted molar refractivity (Wildman–Crippen MR) is 188 cm³/mol. The van der Waals surface area contributed by atoms with Crippen molar-refractivity contribution in [1.29, 1.82) is 0 Å². The van der Waals surface area contributed by atoms with E-state index in [1.54, 1.807) is 6.92 Å². The number of primary amides is 1. The first-order valence-electron chi connectivity index (χ1n) is 16.9. The lowest BCUT2D eigenvalue weighted by molar-refractivity contribution is -0.124. The minimum atomic E-state index is -2.07. The van der Waals surface area contributed by atoms with E-state index in [0.717, 1.165) is 62.0 Å². The number of carbonyl (C=O) groups excluding carboxylic acids is 1. The summed E-state index contributed by atoms with van der Waals surface area (Å²) in [6.45, 7) is 21.6. The minimum Gasteiger partial charge on any atom is -0.543 e. The average Bonchev–Trinajstić information content (AvgIpc) is 2.98. The molecule has 0 bridgehead atoms. The van der Waals surface area contributed by atoms with Gasteiger partial charge in [-0.15, -0.1) is 0 Å². The molecule has 1 aromatic carbocycles. The van der Waals surface area contributed by atoms with E-state index in [4.69, 9.17) is 19.9 Å². The number of ether oxygens (including phenoxy) is 1. The van der Waals surface area contributed by atoms with Gasteiger partial charge in [-0.25, -0.2) is 19.5 Å². The predicted octanol–water partition coefficient (Wildman–Crippen LogP) is 7.20. The zero-order chi connectivity index (χ0) is 34.2. The number of benzene rings is 1. The zero-order valence-electron chi connectivity index (χ0n) is 29.7. The number of hydrogen-bond acceptors (Lipinski definition) is 7. The number of nitrogens with zero attached hydrogens (tertiary/aromatic N) is 4. The highest BCUT2D eigenvalue weighted by Gasteiger charge is 2.40. The molecule has 1 amide bonds. The van der Waals surface area contributed by atoms with Crippen LogP contribution in [0, 0.1) is 6.92 Å². The normalized spacial score (nSPS) is 12.7. The van der Waals surface area contributed by atoms with Crippen molar-refractivity contribution in [3.8, 4) is 17.4 Å². The zero-order valence-corrected chi connectivity index (χ0v) is 30.7. The molecule has 1 unspecified atom stereocenters. The molecule has 0 aliphatic heterocycles. The van der Waals surface area contributed by atoms with Crippen LogP contribution in [0.5, 0.6) is 11.5 Å². The summed E-state index contributed by atoms with van der Waals surface area (Å²) in [5.41, 5.74) is 10.2. The number of hydrogen-bond donors (Lipinski definition) is 1. The summed E-state index contributed by atoms with van der Waals surface area (Å²) in [5.74, 6) is 1.52. The van der Waals surface area contributed by atoms with Crippen molar-refractivity contribution in [2.45, 2.75) is 137 Å². The van der Waals surface area contributed by atoms with Gasteiger partial charge in [0.15, 0.2) is 11.9 Å². The molecule has 9 nitrogen and oxygen atoms in total.